The fourth-order valence-corrected chi connectivity index (χ4v) is 6.71. The fourth-order valence-electron chi connectivity index (χ4n) is 6.71. The molecule has 3 atom stereocenters. The summed E-state index contributed by atoms with van der Waals surface area (Å²) in [5.41, 5.74) is 2.54. The number of nitrogens with one attached hydrogen (secondary N) is 1. The Labute approximate surface area is 283 Å². The Balaban J connectivity index is 1.32. The van der Waals surface area contributed by atoms with E-state index >= 15 is 0 Å². The molecule has 49 heavy (non-hydrogen) atoms. The highest BCUT2D eigenvalue weighted by Crippen LogP contribution is 2.34. The molecule has 4 aromatic carbocycles. The minimum absolute atomic E-state index is 0.0379. The number of nitriles is 1. The Morgan fingerprint density at radius 3 is 2.41 bits per heavy atom. The zero-order valence-electron chi connectivity index (χ0n) is 27.3. The third kappa shape index (κ3) is 7.02. The smallest absolute Gasteiger partial charge is 0.333 e. The molecule has 13 nitrogen and oxygen atoms in total. The molecule has 0 spiro atoms. The Kier molecular flexibility index (Phi) is 10.0. The van der Waals surface area contributed by atoms with Gasteiger partial charge in [0.25, 0.3) is 5.69 Å². The van der Waals surface area contributed by atoms with Crippen LogP contribution in [0.5, 0.6) is 5.75 Å². The molecule has 2 aliphatic heterocycles. The van der Waals surface area contributed by atoms with E-state index in [0.29, 0.717) is 12.3 Å². The largest absolute Gasteiger partial charge is 0.497 e. The molecule has 2 unspecified atom stereocenters. The topological polar surface area (TPSA) is 145 Å². The minimum Gasteiger partial charge on any atom is -0.497 e. The number of amides is 3. The monoisotopic (exact) mass is 663 g/mol. The molecule has 2 saturated heterocycles. The predicted molar refractivity (Wildman–Crippen MR) is 181 cm³/mol. The fraction of sp³-hybridized carbons (Fsp3) is 0.306. The van der Waals surface area contributed by atoms with Crippen LogP contribution >= 0.6 is 0 Å². The summed E-state index contributed by atoms with van der Waals surface area (Å²) in [6, 6.07) is 28.5. The van der Waals surface area contributed by atoms with Crippen molar-refractivity contribution in [2.24, 2.45) is 0 Å². The van der Waals surface area contributed by atoms with E-state index < -0.39 is 29.4 Å². The standard InChI is InChI=1S/C36H37N7O6/c1-48-30-16-12-26(13-17-30)21-38-36(45)40(19-18-37)41-24-34(49-2)42-32(20-25-10-14-29(15-11-25)43(46)47)35(44)39(23-33(41)42)22-28-8-5-7-27-6-3-4-9-31(27)28/h3-17,32-34H,19-24H2,1-2H3,(H,38,45)/t32?,33-,34?/m1/s1. The lowest BCUT2D eigenvalue weighted by Crippen LogP contribution is -2.66. The van der Waals surface area contributed by atoms with Crippen molar-refractivity contribution in [1.29, 1.82) is 5.26 Å². The first kappa shape index (κ1) is 33.4. The quantitative estimate of drug-likeness (QED) is 0.141. The van der Waals surface area contributed by atoms with Gasteiger partial charge in [-0.05, 0) is 46.0 Å². The number of nitrogens with zero attached hydrogens (tertiary/aromatic N) is 6. The van der Waals surface area contributed by atoms with Crippen LogP contribution in [0, 0.1) is 21.4 Å². The lowest BCUT2D eigenvalue weighted by Gasteiger charge is -2.47. The van der Waals surface area contributed by atoms with Crippen molar-refractivity contribution < 1.29 is 24.0 Å². The SMILES string of the molecule is COc1ccc(CNC(=O)N(CC#N)N2CC(OC)N3C(Cc4ccc([N+](=O)[O-])cc4)C(=O)N(Cc4cccc5ccccc45)C[C@@H]32)cc1. The molecule has 3 amide bonds. The molecule has 1 N–H and O–H groups in total. The van der Waals surface area contributed by atoms with E-state index in [1.807, 2.05) is 76.6 Å². The molecule has 13 heteroatoms. The number of carbonyl (C=O) groups excluding carboxylic acids is 2. The van der Waals surface area contributed by atoms with Crippen molar-refractivity contribution in [2.45, 2.75) is 37.9 Å². The van der Waals surface area contributed by atoms with Crippen LogP contribution < -0.4 is 10.1 Å². The maximum Gasteiger partial charge on any atom is 0.333 e. The average Bonchev–Trinajstić information content (AvgIpc) is 3.49. The van der Waals surface area contributed by atoms with Crippen molar-refractivity contribution in [3.63, 3.8) is 0 Å². The summed E-state index contributed by atoms with van der Waals surface area (Å²) >= 11 is 0. The number of non-ortho nitro benzene ring substituents is 1. The molecule has 2 aliphatic rings. The first-order valence-electron chi connectivity index (χ1n) is 15.9. The summed E-state index contributed by atoms with van der Waals surface area (Å²) in [7, 11) is 3.14. The zero-order valence-corrected chi connectivity index (χ0v) is 27.3. The van der Waals surface area contributed by atoms with E-state index in [0.717, 1.165) is 27.5 Å². The van der Waals surface area contributed by atoms with Gasteiger partial charge >= 0.3 is 6.03 Å². The van der Waals surface area contributed by atoms with Crippen molar-refractivity contribution in [2.75, 3.05) is 33.9 Å². The van der Waals surface area contributed by atoms with Crippen LogP contribution in [0.3, 0.4) is 0 Å². The van der Waals surface area contributed by atoms with Gasteiger partial charge in [0.05, 0.1) is 37.2 Å². The van der Waals surface area contributed by atoms with Gasteiger partial charge in [-0.2, -0.15) is 10.3 Å². The Hall–Kier alpha value is -5.55. The van der Waals surface area contributed by atoms with Crippen molar-refractivity contribution in [3.05, 3.63) is 118 Å². The molecule has 2 fully saturated rings. The highest BCUT2D eigenvalue weighted by atomic mass is 16.6. The Morgan fingerprint density at radius 1 is 1.00 bits per heavy atom. The van der Waals surface area contributed by atoms with E-state index in [2.05, 4.69) is 11.4 Å². The lowest BCUT2D eigenvalue weighted by molar-refractivity contribution is -0.384. The number of benzene rings is 4. The highest BCUT2D eigenvalue weighted by molar-refractivity contribution is 5.87. The lowest BCUT2D eigenvalue weighted by atomic mass is 9.98. The van der Waals surface area contributed by atoms with Gasteiger partial charge in [0.2, 0.25) is 5.91 Å². The molecule has 0 saturated carbocycles. The first-order chi connectivity index (χ1) is 23.8. The number of hydrogen-bond acceptors (Lipinski definition) is 9. The summed E-state index contributed by atoms with van der Waals surface area (Å²) in [6.07, 6.45) is -0.831. The number of nitro benzene ring substituents is 1. The molecule has 252 valence electrons. The minimum atomic E-state index is -0.712. The molecular formula is C36H37N7O6. The van der Waals surface area contributed by atoms with Gasteiger partial charge in [0, 0.05) is 32.3 Å². The summed E-state index contributed by atoms with van der Waals surface area (Å²) in [4.78, 5) is 42.8. The Morgan fingerprint density at radius 2 is 1.71 bits per heavy atom. The second-order valence-corrected chi connectivity index (χ2v) is 12.0. The average molecular weight is 664 g/mol. The molecule has 0 aromatic heterocycles. The Bertz CT molecular complexity index is 1860. The number of urea groups is 1. The van der Waals surface area contributed by atoms with Gasteiger partial charge in [0.1, 0.15) is 24.7 Å². The van der Waals surface area contributed by atoms with Gasteiger partial charge in [-0.3, -0.25) is 14.9 Å². The molecule has 0 radical (unpaired) electrons. The van der Waals surface area contributed by atoms with E-state index in [-0.39, 0.29) is 44.2 Å². The van der Waals surface area contributed by atoms with Gasteiger partial charge in [-0.25, -0.2) is 14.7 Å². The van der Waals surface area contributed by atoms with Crippen LogP contribution in [0.1, 0.15) is 16.7 Å². The number of ether oxygens (including phenoxy) is 2. The highest BCUT2D eigenvalue weighted by Gasteiger charge is 2.53. The van der Waals surface area contributed by atoms with Gasteiger partial charge < -0.3 is 19.7 Å². The molecule has 6 rings (SSSR count). The van der Waals surface area contributed by atoms with Gasteiger partial charge in [-0.15, -0.1) is 0 Å². The molecular weight excluding hydrogens is 626 g/mol. The van der Waals surface area contributed by atoms with Crippen LogP contribution in [0.25, 0.3) is 10.8 Å². The number of carbonyl (C=O) groups is 2. The maximum absolute atomic E-state index is 14.4. The third-order valence-electron chi connectivity index (χ3n) is 9.16. The predicted octanol–water partition coefficient (Wildman–Crippen LogP) is 4.28. The van der Waals surface area contributed by atoms with Crippen molar-refractivity contribution >= 4 is 28.4 Å². The van der Waals surface area contributed by atoms with Crippen molar-refractivity contribution in [3.8, 4) is 11.8 Å². The van der Waals surface area contributed by atoms with Crippen LogP contribution in [0.2, 0.25) is 0 Å². The van der Waals surface area contributed by atoms with E-state index in [1.165, 1.54) is 17.1 Å². The summed E-state index contributed by atoms with van der Waals surface area (Å²) in [6.45, 7) is 0.806. The maximum atomic E-state index is 14.4. The third-order valence-corrected chi connectivity index (χ3v) is 9.16. The van der Waals surface area contributed by atoms with E-state index in [4.69, 9.17) is 9.47 Å². The number of rotatable bonds is 11. The number of fused-ring (bicyclic) bond motifs is 2. The molecule has 0 bridgehead atoms. The van der Waals surface area contributed by atoms with E-state index in [9.17, 15) is 25.0 Å². The van der Waals surface area contributed by atoms with Crippen LogP contribution in [-0.4, -0.2) is 89.0 Å². The summed E-state index contributed by atoms with van der Waals surface area (Å²) in [5, 5.41) is 29.4. The van der Waals surface area contributed by atoms with Gasteiger partial charge in [-0.1, -0.05) is 66.7 Å². The van der Waals surface area contributed by atoms with Gasteiger partial charge in [0.15, 0.2) is 0 Å². The van der Waals surface area contributed by atoms with E-state index in [1.54, 1.807) is 31.3 Å². The number of piperazine rings is 1. The van der Waals surface area contributed by atoms with Crippen LogP contribution in [0.4, 0.5) is 10.5 Å². The normalized spacial score (nSPS) is 19.3. The first-order valence-corrected chi connectivity index (χ1v) is 15.9. The van der Waals surface area contributed by atoms with Crippen molar-refractivity contribution in [1.82, 2.24) is 25.1 Å². The molecule has 4 aromatic rings. The second kappa shape index (κ2) is 14.7. The number of methoxy groups -OCH3 is 2. The number of nitro groups is 1. The van der Waals surface area contributed by atoms with Crippen LogP contribution in [-0.2, 0) is 29.0 Å². The summed E-state index contributed by atoms with van der Waals surface area (Å²) in [5.74, 6) is 0.578. The van der Waals surface area contributed by atoms with Crippen LogP contribution in [0.15, 0.2) is 91.0 Å². The number of hydrogen-bond donors (Lipinski definition) is 1. The number of hydrazine groups is 1. The summed E-state index contributed by atoms with van der Waals surface area (Å²) < 4.78 is 11.1. The molecule has 2 heterocycles. The zero-order chi connectivity index (χ0) is 34.5. The molecule has 0 aliphatic carbocycles. The second-order valence-electron chi connectivity index (χ2n) is 12.0.